The summed E-state index contributed by atoms with van der Waals surface area (Å²) >= 11 is 0. The van der Waals surface area contributed by atoms with Crippen LogP contribution in [0, 0.1) is 19.8 Å². The molecule has 2 amide bonds. The number of nitrogens with one attached hydrogen (secondary N) is 1. The number of rotatable bonds is 6. The van der Waals surface area contributed by atoms with Gasteiger partial charge in [-0.2, -0.15) is 0 Å². The first-order valence-corrected chi connectivity index (χ1v) is 8.96. The van der Waals surface area contributed by atoms with Gasteiger partial charge in [-0.25, -0.2) is 0 Å². The van der Waals surface area contributed by atoms with Crippen molar-refractivity contribution in [3.05, 3.63) is 70.8 Å². The fraction of sp³-hybridized carbons (Fsp3) is 0.364. The summed E-state index contributed by atoms with van der Waals surface area (Å²) in [7, 11) is 1.77. The van der Waals surface area contributed by atoms with Crippen LogP contribution in [-0.2, 0) is 11.3 Å². The summed E-state index contributed by atoms with van der Waals surface area (Å²) in [6, 6.07) is 14.9. The molecule has 1 atom stereocenters. The van der Waals surface area contributed by atoms with Gasteiger partial charge in [0.2, 0.25) is 5.91 Å². The van der Waals surface area contributed by atoms with E-state index in [2.05, 4.69) is 5.32 Å². The van der Waals surface area contributed by atoms with Gasteiger partial charge in [0.15, 0.2) is 0 Å². The third kappa shape index (κ3) is 5.19. The standard InChI is InChI=1S/C22H28N2O2/c1-15(2)20(23-21(25)19-8-6-7-17(4)13-19)22(26)24(5)14-18-11-9-16(3)10-12-18/h6-13,15,20H,14H2,1-5H3,(H,23,25)/t20-/m0/s1. The molecule has 2 aromatic carbocycles. The zero-order valence-corrected chi connectivity index (χ0v) is 16.2. The Morgan fingerprint density at radius 3 is 2.23 bits per heavy atom. The molecule has 0 saturated heterocycles. The summed E-state index contributed by atoms with van der Waals surface area (Å²) in [6.07, 6.45) is 0. The highest BCUT2D eigenvalue weighted by Crippen LogP contribution is 2.12. The second-order valence-corrected chi connectivity index (χ2v) is 7.24. The van der Waals surface area contributed by atoms with Crippen molar-refractivity contribution in [1.82, 2.24) is 10.2 Å². The molecule has 138 valence electrons. The molecule has 0 aliphatic rings. The second-order valence-electron chi connectivity index (χ2n) is 7.24. The van der Waals surface area contributed by atoms with Crippen molar-refractivity contribution in [2.45, 2.75) is 40.3 Å². The highest BCUT2D eigenvalue weighted by atomic mass is 16.2. The number of carbonyl (C=O) groups is 2. The van der Waals surface area contributed by atoms with Crippen LogP contribution in [-0.4, -0.2) is 29.8 Å². The first kappa shape index (κ1) is 19.7. The van der Waals surface area contributed by atoms with E-state index >= 15 is 0 Å². The van der Waals surface area contributed by atoms with Gasteiger partial charge in [-0.1, -0.05) is 61.4 Å². The van der Waals surface area contributed by atoms with Gasteiger partial charge in [0, 0.05) is 19.2 Å². The van der Waals surface area contributed by atoms with Crippen LogP contribution >= 0.6 is 0 Å². The Hall–Kier alpha value is -2.62. The Morgan fingerprint density at radius 2 is 1.65 bits per heavy atom. The van der Waals surface area contributed by atoms with Gasteiger partial charge < -0.3 is 10.2 Å². The lowest BCUT2D eigenvalue weighted by molar-refractivity contribution is -0.133. The van der Waals surface area contributed by atoms with Gasteiger partial charge >= 0.3 is 0 Å². The number of amides is 2. The molecule has 0 unspecified atom stereocenters. The molecule has 4 heteroatoms. The first-order valence-electron chi connectivity index (χ1n) is 8.96. The molecule has 2 aromatic rings. The first-order chi connectivity index (χ1) is 12.3. The van der Waals surface area contributed by atoms with E-state index in [1.165, 1.54) is 5.56 Å². The second kappa shape index (κ2) is 8.65. The van der Waals surface area contributed by atoms with Gasteiger partial charge in [-0.3, -0.25) is 9.59 Å². The van der Waals surface area contributed by atoms with Crippen LogP contribution in [0.25, 0.3) is 0 Å². The number of benzene rings is 2. The number of nitrogens with zero attached hydrogens (tertiary/aromatic N) is 1. The van der Waals surface area contributed by atoms with E-state index in [0.717, 1.165) is 11.1 Å². The van der Waals surface area contributed by atoms with Crippen LogP contribution in [0.2, 0.25) is 0 Å². The molecule has 0 aromatic heterocycles. The molecule has 26 heavy (non-hydrogen) atoms. The zero-order valence-electron chi connectivity index (χ0n) is 16.2. The predicted octanol–water partition coefficient (Wildman–Crippen LogP) is 3.72. The molecule has 0 aliphatic carbocycles. The Kier molecular flexibility index (Phi) is 6.56. The summed E-state index contributed by atoms with van der Waals surface area (Å²) in [5, 5.41) is 2.91. The number of likely N-dealkylation sites (N-methyl/N-ethyl adjacent to an activating group) is 1. The van der Waals surface area contributed by atoms with Gasteiger partial charge in [-0.05, 0) is 37.5 Å². The molecule has 0 bridgehead atoms. The molecule has 2 rings (SSSR count). The lowest BCUT2D eigenvalue weighted by Crippen LogP contribution is -2.50. The number of aryl methyl sites for hydroxylation is 2. The van der Waals surface area contributed by atoms with E-state index in [1.54, 1.807) is 18.0 Å². The van der Waals surface area contributed by atoms with Crippen molar-refractivity contribution in [2.75, 3.05) is 7.05 Å². The van der Waals surface area contributed by atoms with Crippen molar-refractivity contribution >= 4 is 11.8 Å². The van der Waals surface area contributed by atoms with Crippen LogP contribution in [0.3, 0.4) is 0 Å². The summed E-state index contributed by atoms with van der Waals surface area (Å²) < 4.78 is 0. The Labute approximate surface area is 156 Å². The Balaban J connectivity index is 2.08. The van der Waals surface area contributed by atoms with E-state index in [-0.39, 0.29) is 17.7 Å². The van der Waals surface area contributed by atoms with E-state index in [0.29, 0.717) is 12.1 Å². The van der Waals surface area contributed by atoms with Crippen LogP contribution in [0.15, 0.2) is 48.5 Å². The summed E-state index contributed by atoms with van der Waals surface area (Å²) in [5.41, 5.74) is 3.85. The molecule has 4 nitrogen and oxygen atoms in total. The van der Waals surface area contributed by atoms with Crippen LogP contribution in [0.1, 0.15) is 40.9 Å². The van der Waals surface area contributed by atoms with Crippen molar-refractivity contribution < 1.29 is 9.59 Å². The minimum Gasteiger partial charge on any atom is -0.340 e. The average molecular weight is 352 g/mol. The summed E-state index contributed by atoms with van der Waals surface area (Å²) in [5.74, 6) is -0.303. The predicted molar refractivity (Wildman–Crippen MR) is 105 cm³/mol. The minimum absolute atomic E-state index is 0.00303. The van der Waals surface area contributed by atoms with Crippen LogP contribution < -0.4 is 5.32 Å². The number of hydrogen-bond acceptors (Lipinski definition) is 2. The fourth-order valence-corrected chi connectivity index (χ4v) is 2.81. The Bertz CT molecular complexity index is 766. The molecule has 0 radical (unpaired) electrons. The molecule has 0 aliphatic heterocycles. The summed E-state index contributed by atoms with van der Waals surface area (Å²) in [6.45, 7) is 8.38. The van der Waals surface area contributed by atoms with Gasteiger partial charge in [0.25, 0.3) is 5.91 Å². The SMILES string of the molecule is Cc1ccc(CN(C)C(=O)[C@@H](NC(=O)c2cccc(C)c2)C(C)C)cc1. The lowest BCUT2D eigenvalue weighted by atomic mass is 10.0. The summed E-state index contributed by atoms with van der Waals surface area (Å²) in [4.78, 5) is 27.1. The van der Waals surface area contributed by atoms with Gasteiger partial charge in [0.1, 0.15) is 6.04 Å². The van der Waals surface area contributed by atoms with Crippen LogP contribution in [0.4, 0.5) is 0 Å². The van der Waals surface area contributed by atoms with Crippen molar-refractivity contribution in [1.29, 1.82) is 0 Å². The normalized spacial score (nSPS) is 11.9. The highest BCUT2D eigenvalue weighted by molar-refractivity contribution is 5.97. The fourth-order valence-electron chi connectivity index (χ4n) is 2.81. The molecular weight excluding hydrogens is 324 g/mol. The maximum absolute atomic E-state index is 12.9. The number of carbonyl (C=O) groups excluding carboxylic acids is 2. The molecule has 0 fully saturated rings. The monoisotopic (exact) mass is 352 g/mol. The number of hydrogen-bond donors (Lipinski definition) is 1. The van der Waals surface area contributed by atoms with Crippen LogP contribution in [0.5, 0.6) is 0 Å². The van der Waals surface area contributed by atoms with Gasteiger partial charge in [-0.15, -0.1) is 0 Å². The average Bonchev–Trinajstić information content (AvgIpc) is 2.60. The molecule has 0 heterocycles. The topological polar surface area (TPSA) is 49.4 Å². The zero-order chi connectivity index (χ0) is 19.3. The maximum atomic E-state index is 12.9. The maximum Gasteiger partial charge on any atom is 0.251 e. The third-order valence-corrected chi connectivity index (χ3v) is 4.42. The molecule has 1 N–H and O–H groups in total. The van der Waals surface area contributed by atoms with Crippen molar-refractivity contribution in [3.63, 3.8) is 0 Å². The van der Waals surface area contributed by atoms with E-state index in [9.17, 15) is 9.59 Å². The van der Waals surface area contributed by atoms with Crippen molar-refractivity contribution in [2.24, 2.45) is 5.92 Å². The largest absolute Gasteiger partial charge is 0.340 e. The van der Waals surface area contributed by atoms with Crippen molar-refractivity contribution in [3.8, 4) is 0 Å². The van der Waals surface area contributed by atoms with E-state index in [1.807, 2.05) is 70.2 Å². The van der Waals surface area contributed by atoms with E-state index in [4.69, 9.17) is 0 Å². The quantitative estimate of drug-likeness (QED) is 0.861. The smallest absolute Gasteiger partial charge is 0.251 e. The molecule has 0 spiro atoms. The highest BCUT2D eigenvalue weighted by Gasteiger charge is 2.27. The molecule has 0 saturated carbocycles. The van der Waals surface area contributed by atoms with E-state index < -0.39 is 6.04 Å². The molecular formula is C22H28N2O2. The lowest BCUT2D eigenvalue weighted by Gasteiger charge is -2.27. The van der Waals surface area contributed by atoms with Gasteiger partial charge in [0.05, 0.1) is 0 Å². The Morgan fingerprint density at radius 1 is 1.00 bits per heavy atom. The third-order valence-electron chi connectivity index (χ3n) is 4.42. The minimum atomic E-state index is -0.557.